The van der Waals surface area contributed by atoms with E-state index >= 15 is 0 Å². The number of rotatable bonds is 5. The molecule has 1 saturated carbocycles. The fourth-order valence-corrected chi connectivity index (χ4v) is 2.95. The van der Waals surface area contributed by atoms with Crippen LogP contribution in [0.25, 0.3) is 0 Å². The Kier molecular flexibility index (Phi) is 6.05. The van der Waals surface area contributed by atoms with Gasteiger partial charge in [-0.05, 0) is 35.6 Å². The van der Waals surface area contributed by atoms with Gasteiger partial charge in [0.1, 0.15) is 0 Å². The first-order chi connectivity index (χ1) is 10.6. The molecule has 0 aromatic heterocycles. The third-order valence-corrected chi connectivity index (χ3v) is 4.36. The SMILES string of the molecule is Cl.NC(CNC(=O)C1CC1c1cccc(Cl)c1)c1ccccc1. The minimum absolute atomic E-state index is 0. The highest BCUT2D eigenvalue weighted by molar-refractivity contribution is 6.30. The molecule has 3 atom stereocenters. The molecular formula is C18H20Cl2N2O. The molecule has 1 aliphatic carbocycles. The number of carbonyl (C=O) groups is 1. The molecule has 0 heterocycles. The maximum absolute atomic E-state index is 12.2. The molecule has 1 fully saturated rings. The van der Waals surface area contributed by atoms with Crippen LogP contribution in [-0.2, 0) is 4.79 Å². The lowest BCUT2D eigenvalue weighted by Gasteiger charge is -2.13. The van der Waals surface area contributed by atoms with Crippen LogP contribution in [0.5, 0.6) is 0 Å². The van der Waals surface area contributed by atoms with Gasteiger partial charge >= 0.3 is 0 Å². The quantitative estimate of drug-likeness (QED) is 0.863. The summed E-state index contributed by atoms with van der Waals surface area (Å²) in [5.74, 6) is 0.407. The summed E-state index contributed by atoms with van der Waals surface area (Å²) < 4.78 is 0. The molecule has 5 heteroatoms. The van der Waals surface area contributed by atoms with E-state index < -0.39 is 0 Å². The van der Waals surface area contributed by atoms with E-state index in [2.05, 4.69) is 5.32 Å². The van der Waals surface area contributed by atoms with Crippen LogP contribution in [0.4, 0.5) is 0 Å². The molecule has 0 spiro atoms. The van der Waals surface area contributed by atoms with Gasteiger partial charge in [-0.2, -0.15) is 0 Å². The number of nitrogens with one attached hydrogen (secondary N) is 1. The van der Waals surface area contributed by atoms with Crippen molar-refractivity contribution in [3.63, 3.8) is 0 Å². The first-order valence-electron chi connectivity index (χ1n) is 7.49. The van der Waals surface area contributed by atoms with Crippen LogP contribution in [-0.4, -0.2) is 12.5 Å². The first-order valence-corrected chi connectivity index (χ1v) is 7.86. The minimum atomic E-state index is -0.173. The average molecular weight is 351 g/mol. The molecule has 0 saturated heterocycles. The Labute approximate surface area is 147 Å². The summed E-state index contributed by atoms with van der Waals surface area (Å²) in [6.45, 7) is 0.460. The highest BCUT2D eigenvalue weighted by Gasteiger charge is 2.43. The third kappa shape index (κ3) is 4.47. The normalized spacial score (nSPS) is 20.3. The molecule has 2 aromatic rings. The van der Waals surface area contributed by atoms with E-state index in [4.69, 9.17) is 17.3 Å². The van der Waals surface area contributed by atoms with Crippen LogP contribution in [0.2, 0.25) is 5.02 Å². The van der Waals surface area contributed by atoms with Crippen LogP contribution in [0.3, 0.4) is 0 Å². The fourth-order valence-electron chi connectivity index (χ4n) is 2.75. The number of halogens is 2. The monoisotopic (exact) mass is 350 g/mol. The van der Waals surface area contributed by atoms with Gasteiger partial charge in [0.05, 0.1) is 0 Å². The molecule has 23 heavy (non-hydrogen) atoms. The number of hydrogen-bond donors (Lipinski definition) is 2. The second-order valence-corrected chi connectivity index (χ2v) is 6.20. The number of nitrogens with two attached hydrogens (primary N) is 1. The van der Waals surface area contributed by atoms with E-state index in [1.165, 1.54) is 0 Å². The molecule has 3 unspecified atom stereocenters. The van der Waals surface area contributed by atoms with Crippen molar-refractivity contribution in [2.24, 2.45) is 11.7 Å². The highest BCUT2D eigenvalue weighted by Crippen LogP contribution is 2.47. The zero-order chi connectivity index (χ0) is 15.5. The second-order valence-electron chi connectivity index (χ2n) is 5.77. The maximum Gasteiger partial charge on any atom is 0.223 e. The topological polar surface area (TPSA) is 55.1 Å². The summed E-state index contributed by atoms with van der Waals surface area (Å²) in [7, 11) is 0. The Bertz CT molecular complexity index is 663. The van der Waals surface area contributed by atoms with Gasteiger partial charge < -0.3 is 11.1 Å². The van der Waals surface area contributed by atoms with Gasteiger partial charge in [-0.3, -0.25) is 4.79 Å². The summed E-state index contributed by atoms with van der Waals surface area (Å²) in [6.07, 6.45) is 0.882. The van der Waals surface area contributed by atoms with E-state index in [9.17, 15) is 4.79 Å². The van der Waals surface area contributed by atoms with Gasteiger partial charge in [-0.1, -0.05) is 54.1 Å². The Morgan fingerprint density at radius 2 is 1.96 bits per heavy atom. The molecule has 2 aromatic carbocycles. The largest absolute Gasteiger partial charge is 0.354 e. The molecular weight excluding hydrogens is 331 g/mol. The summed E-state index contributed by atoms with van der Waals surface area (Å²) in [4.78, 5) is 12.2. The van der Waals surface area contributed by atoms with Gasteiger partial charge in [0.15, 0.2) is 0 Å². The van der Waals surface area contributed by atoms with Crippen molar-refractivity contribution in [1.82, 2.24) is 5.32 Å². The van der Waals surface area contributed by atoms with Crippen LogP contribution in [0, 0.1) is 5.92 Å². The van der Waals surface area contributed by atoms with E-state index in [1.807, 2.05) is 54.6 Å². The van der Waals surface area contributed by atoms with E-state index in [-0.39, 0.29) is 36.2 Å². The Morgan fingerprint density at radius 3 is 2.65 bits per heavy atom. The first kappa shape index (κ1) is 17.8. The number of amides is 1. The predicted octanol–water partition coefficient (Wildman–Crippen LogP) is 3.68. The number of hydrogen-bond acceptors (Lipinski definition) is 2. The lowest BCUT2D eigenvalue weighted by molar-refractivity contribution is -0.122. The molecule has 122 valence electrons. The number of benzene rings is 2. The third-order valence-electron chi connectivity index (χ3n) is 4.13. The standard InChI is InChI=1S/C18H19ClN2O.ClH/c19-14-8-4-7-13(9-14)15-10-16(15)18(22)21-11-17(20)12-5-2-1-3-6-12;/h1-9,15-17H,10-11,20H2,(H,21,22);1H. The van der Waals surface area contributed by atoms with Crippen molar-refractivity contribution in [2.75, 3.05) is 6.54 Å². The molecule has 0 radical (unpaired) electrons. The lowest BCUT2D eigenvalue weighted by Crippen LogP contribution is -2.33. The molecule has 3 nitrogen and oxygen atoms in total. The summed E-state index contributed by atoms with van der Waals surface area (Å²) in [5.41, 5.74) is 8.27. The Hall–Kier alpha value is -1.55. The zero-order valence-corrected chi connectivity index (χ0v) is 14.2. The Morgan fingerprint density at radius 1 is 1.22 bits per heavy atom. The van der Waals surface area contributed by atoms with Crippen molar-refractivity contribution in [2.45, 2.75) is 18.4 Å². The van der Waals surface area contributed by atoms with Gasteiger partial charge in [0.25, 0.3) is 0 Å². The van der Waals surface area contributed by atoms with Gasteiger partial charge in [-0.25, -0.2) is 0 Å². The maximum atomic E-state index is 12.2. The predicted molar refractivity (Wildman–Crippen MR) is 95.9 cm³/mol. The summed E-state index contributed by atoms with van der Waals surface area (Å²) in [5, 5.41) is 3.68. The molecule has 3 rings (SSSR count). The van der Waals surface area contributed by atoms with E-state index in [1.54, 1.807) is 0 Å². The molecule has 1 amide bonds. The fraction of sp³-hybridized carbons (Fsp3) is 0.278. The minimum Gasteiger partial charge on any atom is -0.354 e. The van der Waals surface area contributed by atoms with Crippen molar-refractivity contribution in [3.8, 4) is 0 Å². The van der Waals surface area contributed by atoms with E-state index in [0.29, 0.717) is 6.54 Å². The molecule has 0 bridgehead atoms. The second kappa shape index (κ2) is 7.82. The average Bonchev–Trinajstić information content (AvgIpc) is 3.34. The summed E-state index contributed by atoms with van der Waals surface area (Å²) >= 11 is 6.00. The van der Waals surface area contributed by atoms with Gasteiger partial charge in [0, 0.05) is 23.5 Å². The molecule has 3 N–H and O–H groups in total. The van der Waals surface area contributed by atoms with Crippen LogP contribution in [0.15, 0.2) is 54.6 Å². The van der Waals surface area contributed by atoms with Gasteiger partial charge in [0.2, 0.25) is 5.91 Å². The van der Waals surface area contributed by atoms with Crippen LogP contribution in [0.1, 0.15) is 29.5 Å². The molecule has 0 aliphatic heterocycles. The van der Waals surface area contributed by atoms with Crippen molar-refractivity contribution in [3.05, 3.63) is 70.7 Å². The van der Waals surface area contributed by atoms with Crippen molar-refractivity contribution in [1.29, 1.82) is 0 Å². The van der Waals surface area contributed by atoms with Crippen molar-refractivity contribution < 1.29 is 4.79 Å². The smallest absolute Gasteiger partial charge is 0.223 e. The zero-order valence-electron chi connectivity index (χ0n) is 12.6. The van der Waals surface area contributed by atoms with E-state index in [0.717, 1.165) is 22.6 Å². The Balaban J connectivity index is 0.00000192. The lowest BCUT2D eigenvalue weighted by atomic mass is 10.1. The van der Waals surface area contributed by atoms with Crippen LogP contribution < -0.4 is 11.1 Å². The van der Waals surface area contributed by atoms with Crippen molar-refractivity contribution >= 4 is 29.9 Å². The summed E-state index contributed by atoms with van der Waals surface area (Å²) in [6, 6.07) is 17.4. The van der Waals surface area contributed by atoms with Crippen LogP contribution >= 0.6 is 24.0 Å². The number of carbonyl (C=O) groups excluding carboxylic acids is 1. The van der Waals surface area contributed by atoms with Gasteiger partial charge in [-0.15, -0.1) is 12.4 Å². The molecule has 1 aliphatic rings. The highest BCUT2D eigenvalue weighted by atomic mass is 35.5.